The van der Waals surface area contributed by atoms with Crippen molar-refractivity contribution in [1.29, 1.82) is 0 Å². The average Bonchev–Trinajstić information content (AvgIpc) is 2.14. The zero-order valence-electron chi connectivity index (χ0n) is 12.3. The fourth-order valence-electron chi connectivity index (χ4n) is 2.45. The molecule has 0 aliphatic rings. The Labute approximate surface area is 106 Å². The molecule has 1 nitrogen and oxygen atoms in total. The van der Waals surface area contributed by atoms with Crippen molar-refractivity contribution in [2.75, 3.05) is 0 Å². The van der Waals surface area contributed by atoms with Crippen molar-refractivity contribution in [3.63, 3.8) is 0 Å². The second kappa shape index (κ2) is 4.72. The lowest BCUT2D eigenvalue weighted by molar-refractivity contribution is 0.469. The second-order valence-corrected chi connectivity index (χ2v) is 6.56. The fourth-order valence-corrected chi connectivity index (χ4v) is 2.45. The van der Waals surface area contributed by atoms with Gasteiger partial charge in [-0.1, -0.05) is 48.5 Å². The van der Waals surface area contributed by atoms with Crippen LogP contribution in [-0.4, -0.2) is 5.11 Å². The summed E-state index contributed by atoms with van der Waals surface area (Å²) in [6.07, 6.45) is 0. The molecule has 0 bridgehead atoms. The largest absolute Gasteiger partial charge is 0.508 e. The molecule has 0 unspecified atom stereocenters. The number of phenols is 1. The van der Waals surface area contributed by atoms with Crippen LogP contribution < -0.4 is 0 Å². The molecule has 0 saturated heterocycles. The summed E-state index contributed by atoms with van der Waals surface area (Å²) in [6, 6.07) is 3.86. The van der Waals surface area contributed by atoms with E-state index in [9.17, 15) is 5.11 Å². The summed E-state index contributed by atoms with van der Waals surface area (Å²) >= 11 is 0. The maximum atomic E-state index is 9.88. The summed E-state index contributed by atoms with van der Waals surface area (Å²) < 4.78 is 0. The maximum Gasteiger partial charge on any atom is 0.116 e. The van der Waals surface area contributed by atoms with Crippen LogP contribution in [0.4, 0.5) is 0 Å². The van der Waals surface area contributed by atoms with E-state index in [1.807, 2.05) is 12.1 Å². The van der Waals surface area contributed by atoms with Crippen LogP contribution in [-0.2, 0) is 5.41 Å². The first-order valence-electron chi connectivity index (χ1n) is 6.52. The molecule has 17 heavy (non-hydrogen) atoms. The lowest BCUT2D eigenvalue weighted by Crippen LogP contribution is -2.18. The molecule has 0 radical (unpaired) electrons. The highest BCUT2D eigenvalue weighted by molar-refractivity contribution is 5.48. The topological polar surface area (TPSA) is 20.2 Å². The van der Waals surface area contributed by atoms with Crippen LogP contribution in [0.1, 0.15) is 77.0 Å². The minimum Gasteiger partial charge on any atom is -0.508 e. The van der Waals surface area contributed by atoms with Gasteiger partial charge < -0.3 is 5.11 Å². The molecule has 0 amide bonds. The molecule has 1 aromatic rings. The van der Waals surface area contributed by atoms with Gasteiger partial charge in [0.25, 0.3) is 0 Å². The first kappa shape index (κ1) is 14.1. The number of hydrogen-bond acceptors (Lipinski definition) is 1. The van der Waals surface area contributed by atoms with Crippen molar-refractivity contribution in [1.82, 2.24) is 0 Å². The van der Waals surface area contributed by atoms with E-state index in [0.29, 0.717) is 17.6 Å². The number of rotatable bonds is 2. The van der Waals surface area contributed by atoms with Crippen molar-refractivity contribution >= 4 is 0 Å². The zero-order chi connectivity index (χ0) is 13.4. The van der Waals surface area contributed by atoms with Crippen molar-refractivity contribution in [3.8, 4) is 5.75 Å². The van der Waals surface area contributed by atoms with Crippen LogP contribution in [0.3, 0.4) is 0 Å². The Morgan fingerprint density at radius 1 is 0.882 bits per heavy atom. The van der Waals surface area contributed by atoms with Crippen LogP contribution in [0.15, 0.2) is 12.1 Å². The van der Waals surface area contributed by atoms with Gasteiger partial charge in [-0.3, -0.25) is 0 Å². The van der Waals surface area contributed by atoms with Gasteiger partial charge in [-0.05, 0) is 46.1 Å². The number of aromatic hydroxyl groups is 1. The third-order valence-electron chi connectivity index (χ3n) is 3.18. The van der Waals surface area contributed by atoms with Gasteiger partial charge in [-0.25, -0.2) is 0 Å². The maximum absolute atomic E-state index is 9.88. The smallest absolute Gasteiger partial charge is 0.116 e. The van der Waals surface area contributed by atoms with Crippen molar-refractivity contribution in [2.45, 2.75) is 65.7 Å². The molecule has 0 aliphatic carbocycles. The third kappa shape index (κ3) is 3.02. The second-order valence-electron chi connectivity index (χ2n) is 6.56. The molecule has 0 aliphatic heterocycles. The van der Waals surface area contributed by atoms with E-state index in [0.717, 1.165) is 0 Å². The molecule has 0 saturated carbocycles. The van der Waals surface area contributed by atoms with Crippen LogP contribution >= 0.6 is 0 Å². The average molecular weight is 234 g/mol. The molecule has 1 aromatic carbocycles. The number of benzene rings is 1. The van der Waals surface area contributed by atoms with Gasteiger partial charge in [0.05, 0.1) is 0 Å². The van der Waals surface area contributed by atoms with Gasteiger partial charge in [0, 0.05) is 0 Å². The van der Waals surface area contributed by atoms with Crippen LogP contribution in [0.2, 0.25) is 0 Å². The predicted molar refractivity (Wildman–Crippen MR) is 75.0 cm³/mol. The summed E-state index contributed by atoms with van der Waals surface area (Å²) in [4.78, 5) is 0. The lowest BCUT2D eigenvalue weighted by Gasteiger charge is -2.30. The molecule has 0 aromatic heterocycles. The molecule has 0 atom stereocenters. The lowest BCUT2D eigenvalue weighted by atomic mass is 9.75. The summed E-state index contributed by atoms with van der Waals surface area (Å²) in [5.74, 6) is 1.27. The summed E-state index contributed by atoms with van der Waals surface area (Å²) in [6.45, 7) is 15.5. The molecular weight excluding hydrogens is 208 g/mol. The SMILES string of the molecule is CC(C)c1cc(O)cc(C(C)C)c1C(C)(C)C. The zero-order valence-corrected chi connectivity index (χ0v) is 12.3. The van der Waals surface area contributed by atoms with E-state index in [2.05, 4.69) is 48.5 Å². The highest BCUT2D eigenvalue weighted by Gasteiger charge is 2.25. The first-order chi connectivity index (χ1) is 7.64. The van der Waals surface area contributed by atoms with Crippen molar-refractivity contribution < 1.29 is 5.11 Å². The molecule has 96 valence electrons. The van der Waals surface area contributed by atoms with Gasteiger partial charge in [0.2, 0.25) is 0 Å². The summed E-state index contributed by atoms with van der Waals surface area (Å²) in [5, 5.41) is 9.88. The Bertz CT molecular complexity index is 365. The van der Waals surface area contributed by atoms with Crippen LogP contribution in [0, 0.1) is 0 Å². The quantitative estimate of drug-likeness (QED) is 0.768. The van der Waals surface area contributed by atoms with E-state index < -0.39 is 0 Å². The van der Waals surface area contributed by atoms with E-state index in [-0.39, 0.29) is 5.41 Å². The summed E-state index contributed by atoms with van der Waals surface area (Å²) in [5.41, 5.74) is 4.08. The highest BCUT2D eigenvalue weighted by Crippen LogP contribution is 2.38. The number of hydrogen-bond donors (Lipinski definition) is 1. The molecular formula is C16H26O. The van der Waals surface area contributed by atoms with Crippen molar-refractivity contribution in [2.24, 2.45) is 0 Å². The molecule has 0 fully saturated rings. The van der Waals surface area contributed by atoms with Crippen molar-refractivity contribution in [3.05, 3.63) is 28.8 Å². The van der Waals surface area contributed by atoms with Gasteiger partial charge in [0.1, 0.15) is 5.75 Å². The van der Waals surface area contributed by atoms with Gasteiger partial charge in [-0.2, -0.15) is 0 Å². The van der Waals surface area contributed by atoms with E-state index in [1.54, 1.807) is 0 Å². The van der Waals surface area contributed by atoms with Crippen LogP contribution in [0.25, 0.3) is 0 Å². The Morgan fingerprint density at radius 3 is 1.47 bits per heavy atom. The predicted octanol–water partition coefficient (Wildman–Crippen LogP) is 4.94. The number of phenolic OH excluding ortho intramolecular Hbond substituents is 1. The monoisotopic (exact) mass is 234 g/mol. The Balaban J connectivity index is 3.60. The molecule has 0 spiro atoms. The Morgan fingerprint density at radius 2 is 1.24 bits per heavy atom. The van der Waals surface area contributed by atoms with Gasteiger partial charge in [-0.15, -0.1) is 0 Å². The standard InChI is InChI=1S/C16H26O/c1-10(2)13-8-12(17)9-14(11(3)4)15(13)16(5,6)7/h8-11,17H,1-7H3. The first-order valence-corrected chi connectivity index (χ1v) is 6.52. The Hall–Kier alpha value is -0.980. The molecule has 0 heterocycles. The Kier molecular flexibility index (Phi) is 3.91. The molecule has 1 heteroatoms. The third-order valence-corrected chi connectivity index (χ3v) is 3.18. The fraction of sp³-hybridized carbons (Fsp3) is 0.625. The van der Waals surface area contributed by atoms with E-state index in [1.165, 1.54) is 16.7 Å². The minimum atomic E-state index is 0.118. The normalized spacial score (nSPS) is 12.5. The molecule has 1 rings (SSSR count). The van der Waals surface area contributed by atoms with Gasteiger partial charge in [0.15, 0.2) is 0 Å². The van der Waals surface area contributed by atoms with E-state index in [4.69, 9.17) is 0 Å². The molecule has 1 N–H and O–H groups in total. The minimum absolute atomic E-state index is 0.118. The van der Waals surface area contributed by atoms with E-state index >= 15 is 0 Å². The van der Waals surface area contributed by atoms with Crippen LogP contribution in [0.5, 0.6) is 5.75 Å². The van der Waals surface area contributed by atoms with Gasteiger partial charge >= 0.3 is 0 Å². The highest BCUT2D eigenvalue weighted by atomic mass is 16.3. The summed E-state index contributed by atoms with van der Waals surface area (Å²) in [7, 11) is 0.